The van der Waals surface area contributed by atoms with Crippen molar-refractivity contribution in [1.82, 2.24) is 14.8 Å². The molecular formula is C12H19N3O5S. The molecule has 1 amide bonds. The van der Waals surface area contributed by atoms with Crippen molar-refractivity contribution in [3.05, 3.63) is 11.5 Å². The van der Waals surface area contributed by atoms with Gasteiger partial charge in [0.25, 0.3) is 0 Å². The van der Waals surface area contributed by atoms with Gasteiger partial charge in [-0.15, -0.1) is 0 Å². The first-order valence-corrected chi connectivity index (χ1v) is 8.07. The number of alkyl carbamates (subject to hydrolysis) is 1. The Morgan fingerprint density at radius 2 is 2.00 bits per heavy atom. The summed E-state index contributed by atoms with van der Waals surface area (Å²) in [6.45, 7) is 3.86. The third kappa shape index (κ3) is 3.18. The molecule has 0 aliphatic carbocycles. The molecule has 0 bridgehead atoms. The third-order valence-electron chi connectivity index (χ3n) is 3.53. The molecule has 1 aromatic heterocycles. The number of rotatable bonds is 3. The van der Waals surface area contributed by atoms with E-state index in [4.69, 9.17) is 4.52 Å². The first-order chi connectivity index (χ1) is 9.86. The number of hydrogen-bond acceptors (Lipinski definition) is 6. The molecule has 8 nitrogen and oxygen atoms in total. The van der Waals surface area contributed by atoms with Crippen LogP contribution in [0.15, 0.2) is 9.42 Å². The molecule has 118 valence electrons. The van der Waals surface area contributed by atoms with E-state index in [0.717, 1.165) is 0 Å². The molecule has 2 rings (SSSR count). The average molecular weight is 317 g/mol. The topological polar surface area (TPSA) is 102 Å². The Labute approximate surface area is 123 Å². The zero-order chi connectivity index (χ0) is 15.6. The van der Waals surface area contributed by atoms with Crippen molar-refractivity contribution < 1.29 is 22.5 Å². The zero-order valence-corrected chi connectivity index (χ0v) is 13.1. The molecule has 1 aliphatic heterocycles. The van der Waals surface area contributed by atoms with Gasteiger partial charge in [0.1, 0.15) is 10.6 Å². The summed E-state index contributed by atoms with van der Waals surface area (Å²) in [5, 5.41) is 6.37. The molecule has 1 aliphatic rings. The van der Waals surface area contributed by atoms with Gasteiger partial charge in [0.15, 0.2) is 5.76 Å². The summed E-state index contributed by atoms with van der Waals surface area (Å²) in [5.41, 5.74) is 0.363. The van der Waals surface area contributed by atoms with Gasteiger partial charge in [-0.25, -0.2) is 13.2 Å². The number of piperidine rings is 1. The Hall–Kier alpha value is -1.61. The summed E-state index contributed by atoms with van der Waals surface area (Å²) < 4.78 is 36.0. The van der Waals surface area contributed by atoms with Crippen molar-refractivity contribution in [3.8, 4) is 0 Å². The fraction of sp³-hybridized carbons (Fsp3) is 0.667. The zero-order valence-electron chi connectivity index (χ0n) is 12.2. The standard InChI is InChI=1S/C12H19N3O5S/c1-8-11(9(2)20-14-8)21(17,18)15-6-4-10(5-7-15)13-12(16)19-3/h10H,4-7H2,1-3H3,(H,13,16). The molecule has 1 fully saturated rings. The Morgan fingerprint density at radius 3 is 2.48 bits per heavy atom. The van der Waals surface area contributed by atoms with E-state index in [9.17, 15) is 13.2 Å². The number of aromatic nitrogens is 1. The van der Waals surface area contributed by atoms with E-state index in [-0.39, 0.29) is 10.9 Å². The summed E-state index contributed by atoms with van der Waals surface area (Å²) in [5.74, 6) is 0.294. The number of nitrogens with one attached hydrogen (secondary N) is 1. The first-order valence-electron chi connectivity index (χ1n) is 6.63. The van der Waals surface area contributed by atoms with Gasteiger partial charge in [-0.1, -0.05) is 5.16 Å². The monoisotopic (exact) mass is 317 g/mol. The molecule has 0 atom stereocenters. The molecule has 0 unspecified atom stereocenters. The van der Waals surface area contributed by atoms with E-state index in [1.807, 2.05) is 0 Å². The van der Waals surface area contributed by atoms with Crippen LogP contribution in [-0.2, 0) is 14.8 Å². The summed E-state index contributed by atoms with van der Waals surface area (Å²) in [6, 6.07) is -0.0754. The van der Waals surface area contributed by atoms with Crippen LogP contribution in [0, 0.1) is 13.8 Å². The van der Waals surface area contributed by atoms with Crippen LogP contribution in [-0.4, -0.2) is 50.2 Å². The normalized spacial score (nSPS) is 17.7. The molecule has 0 spiro atoms. The number of amides is 1. The Balaban J connectivity index is 2.07. The highest BCUT2D eigenvalue weighted by Gasteiger charge is 2.34. The van der Waals surface area contributed by atoms with Crippen LogP contribution in [0.1, 0.15) is 24.3 Å². The predicted octanol–water partition coefficient (Wildman–Crippen LogP) is 0.801. The molecule has 0 saturated carbocycles. The van der Waals surface area contributed by atoms with Crippen LogP contribution in [0.4, 0.5) is 4.79 Å². The highest BCUT2D eigenvalue weighted by molar-refractivity contribution is 7.89. The Kier molecular flexibility index (Phi) is 4.52. The summed E-state index contributed by atoms with van der Waals surface area (Å²) >= 11 is 0. The minimum absolute atomic E-state index is 0.0754. The minimum Gasteiger partial charge on any atom is -0.453 e. The number of hydrogen-bond donors (Lipinski definition) is 1. The summed E-state index contributed by atoms with van der Waals surface area (Å²) in [4.78, 5) is 11.3. The van der Waals surface area contributed by atoms with Crippen LogP contribution in [0.5, 0.6) is 0 Å². The second kappa shape index (κ2) is 6.02. The maximum Gasteiger partial charge on any atom is 0.407 e. The van der Waals surface area contributed by atoms with Crippen LogP contribution in [0.3, 0.4) is 0 Å². The molecule has 2 heterocycles. The maximum atomic E-state index is 12.6. The van der Waals surface area contributed by atoms with Gasteiger partial charge in [0, 0.05) is 19.1 Å². The lowest BCUT2D eigenvalue weighted by molar-refractivity contribution is 0.161. The van der Waals surface area contributed by atoms with Crippen LogP contribution < -0.4 is 5.32 Å². The SMILES string of the molecule is COC(=O)NC1CCN(S(=O)(=O)c2c(C)noc2C)CC1. The number of ether oxygens (including phenoxy) is 1. The number of aryl methyl sites for hydroxylation is 2. The van der Waals surface area contributed by atoms with Gasteiger partial charge in [0.2, 0.25) is 10.0 Å². The smallest absolute Gasteiger partial charge is 0.407 e. The highest BCUT2D eigenvalue weighted by Crippen LogP contribution is 2.25. The second-order valence-corrected chi connectivity index (χ2v) is 6.84. The van der Waals surface area contributed by atoms with Gasteiger partial charge in [0.05, 0.1) is 7.11 Å². The highest BCUT2D eigenvalue weighted by atomic mass is 32.2. The summed E-state index contributed by atoms with van der Waals surface area (Å²) in [7, 11) is -2.31. The fourth-order valence-corrected chi connectivity index (χ4v) is 4.20. The number of nitrogens with zero attached hydrogens (tertiary/aromatic N) is 2. The van der Waals surface area contributed by atoms with E-state index >= 15 is 0 Å². The van der Waals surface area contributed by atoms with Gasteiger partial charge in [-0.05, 0) is 26.7 Å². The quantitative estimate of drug-likeness (QED) is 0.885. The van der Waals surface area contributed by atoms with Crippen molar-refractivity contribution in [2.24, 2.45) is 0 Å². The Bertz CT molecular complexity index is 597. The van der Waals surface area contributed by atoms with Gasteiger partial charge in [-0.2, -0.15) is 4.31 Å². The summed E-state index contributed by atoms with van der Waals surface area (Å²) in [6.07, 6.45) is 0.581. The van der Waals surface area contributed by atoms with Crippen LogP contribution in [0.2, 0.25) is 0 Å². The predicted molar refractivity (Wildman–Crippen MR) is 73.3 cm³/mol. The number of methoxy groups -OCH3 is 1. The number of sulfonamides is 1. The molecule has 21 heavy (non-hydrogen) atoms. The largest absolute Gasteiger partial charge is 0.453 e. The minimum atomic E-state index is -3.60. The van der Waals surface area contributed by atoms with Crippen LogP contribution in [0.25, 0.3) is 0 Å². The lowest BCUT2D eigenvalue weighted by Crippen LogP contribution is -2.46. The van der Waals surface area contributed by atoms with Crippen molar-refractivity contribution in [2.45, 2.75) is 37.6 Å². The molecule has 0 aromatic carbocycles. The van der Waals surface area contributed by atoms with Crippen molar-refractivity contribution in [1.29, 1.82) is 0 Å². The number of carbonyl (C=O) groups excluding carboxylic acids is 1. The molecular weight excluding hydrogens is 298 g/mol. The number of carbonyl (C=O) groups is 1. The fourth-order valence-electron chi connectivity index (χ4n) is 2.44. The van der Waals surface area contributed by atoms with E-state index in [1.54, 1.807) is 13.8 Å². The molecule has 9 heteroatoms. The van der Waals surface area contributed by atoms with Gasteiger partial charge in [-0.3, -0.25) is 0 Å². The average Bonchev–Trinajstić information content (AvgIpc) is 2.79. The van der Waals surface area contributed by atoms with Crippen LogP contribution >= 0.6 is 0 Å². The van der Waals surface area contributed by atoms with Crippen molar-refractivity contribution in [2.75, 3.05) is 20.2 Å². The van der Waals surface area contributed by atoms with E-state index in [0.29, 0.717) is 37.4 Å². The van der Waals surface area contributed by atoms with Gasteiger partial charge < -0.3 is 14.6 Å². The lowest BCUT2D eigenvalue weighted by Gasteiger charge is -2.31. The molecule has 1 saturated heterocycles. The Morgan fingerprint density at radius 1 is 1.38 bits per heavy atom. The third-order valence-corrected chi connectivity index (χ3v) is 5.67. The lowest BCUT2D eigenvalue weighted by atomic mass is 10.1. The van der Waals surface area contributed by atoms with Crippen molar-refractivity contribution in [3.63, 3.8) is 0 Å². The molecule has 1 aromatic rings. The second-order valence-electron chi connectivity index (χ2n) is 4.97. The first kappa shape index (κ1) is 15.8. The molecule has 1 N–H and O–H groups in total. The van der Waals surface area contributed by atoms with E-state index in [1.165, 1.54) is 11.4 Å². The molecule has 0 radical (unpaired) electrons. The van der Waals surface area contributed by atoms with E-state index < -0.39 is 16.1 Å². The van der Waals surface area contributed by atoms with Gasteiger partial charge >= 0.3 is 6.09 Å². The van der Waals surface area contributed by atoms with E-state index in [2.05, 4.69) is 15.2 Å². The maximum absolute atomic E-state index is 12.6. The van der Waals surface area contributed by atoms with Crippen molar-refractivity contribution >= 4 is 16.1 Å².